The van der Waals surface area contributed by atoms with Crippen molar-refractivity contribution in [1.82, 2.24) is 14.9 Å². The highest BCUT2D eigenvalue weighted by Crippen LogP contribution is 2.04. The third-order valence-electron chi connectivity index (χ3n) is 2.89. The average Bonchev–Trinajstić information content (AvgIpc) is 2.53. The molecule has 0 spiro atoms. The highest BCUT2D eigenvalue weighted by molar-refractivity contribution is 5.92. The summed E-state index contributed by atoms with van der Waals surface area (Å²) in [7, 11) is 1.72. The van der Waals surface area contributed by atoms with Crippen molar-refractivity contribution in [3.05, 3.63) is 59.7 Å². The quantitative estimate of drug-likeness (QED) is 0.844. The Kier molecular flexibility index (Phi) is 4.40. The van der Waals surface area contributed by atoms with Gasteiger partial charge in [0.25, 0.3) is 5.91 Å². The second-order valence-corrected chi connectivity index (χ2v) is 4.36. The molecule has 20 heavy (non-hydrogen) atoms. The van der Waals surface area contributed by atoms with E-state index in [4.69, 9.17) is 5.26 Å². The predicted octanol–water partition coefficient (Wildman–Crippen LogP) is 1.66. The van der Waals surface area contributed by atoms with Crippen molar-refractivity contribution in [2.24, 2.45) is 0 Å². The zero-order valence-electron chi connectivity index (χ0n) is 11.2. The van der Waals surface area contributed by atoms with E-state index in [1.165, 1.54) is 0 Å². The Morgan fingerprint density at radius 3 is 2.90 bits per heavy atom. The fourth-order valence-corrected chi connectivity index (χ4v) is 1.76. The number of carbonyl (C=O) groups excluding carboxylic acids is 1. The van der Waals surface area contributed by atoms with Crippen LogP contribution in [0.3, 0.4) is 0 Å². The third kappa shape index (κ3) is 3.39. The summed E-state index contributed by atoms with van der Waals surface area (Å²) in [5, 5.41) is 8.79. The molecule has 0 aliphatic heterocycles. The van der Waals surface area contributed by atoms with Crippen LogP contribution in [0.25, 0.3) is 0 Å². The lowest BCUT2D eigenvalue weighted by Crippen LogP contribution is -2.29. The number of nitriles is 1. The normalized spacial score (nSPS) is 9.80. The van der Waals surface area contributed by atoms with Crippen molar-refractivity contribution in [2.45, 2.75) is 6.42 Å². The summed E-state index contributed by atoms with van der Waals surface area (Å²) < 4.78 is 0. The lowest BCUT2D eigenvalue weighted by molar-refractivity contribution is 0.0791. The van der Waals surface area contributed by atoms with Crippen LogP contribution in [-0.2, 0) is 6.42 Å². The van der Waals surface area contributed by atoms with Gasteiger partial charge in [-0.1, -0.05) is 12.1 Å². The first-order valence-electron chi connectivity index (χ1n) is 6.22. The van der Waals surface area contributed by atoms with Crippen LogP contribution in [0.4, 0.5) is 0 Å². The molecule has 100 valence electrons. The highest BCUT2D eigenvalue weighted by atomic mass is 16.2. The Hall–Kier alpha value is -2.74. The summed E-state index contributed by atoms with van der Waals surface area (Å²) in [5.74, 6) is -0.189. The maximum absolute atomic E-state index is 12.2. The Morgan fingerprint density at radius 1 is 1.35 bits per heavy atom. The Bertz CT molecular complexity index is 634. The van der Waals surface area contributed by atoms with E-state index in [1.54, 1.807) is 42.5 Å². The van der Waals surface area contributed by atoms with Gasteiger partial charge in [0.1, 0.15) is 17.5 Å². The largest absolute Gasteiger partial charge is 0.340 e. The summed E-state index contributed by atoms with van der Waals surface area (Å²) in [6.45, 7) is 0.572. The van der Waals surface area contributed by atoms with Crippen LogP contribution < -0.4 is 0 Å². The molecule has 5 nitrogen and oxygen atoms in total. The first kappa shape index (κ1) is 13.7. The maximum Gasteiger partial charge on any atom is 0.272 e. The van der Waals surface area contributed by atoms with E-state index in [-0.39, 0.29) is 17.3 Å². The SMILES string of the molecule is CN(CCc1cccnc1)C(=O)c1cccc(C#N)n1. The molecule has 0 saturated heterocycles. The molecule has 0 aliphatic rings. The molecule has 0 N–H and O–H groups in total. The summed E-state index contributed by atoms with van der Waals surface area (Å²) in [5.41, 5.74) is 1.61. The molecule has 0 aromatic carbocycles. The van der Waals surface area contributed by atoms with Crippen LogP contribution in [0.2, 0.25) is 0 Å². The second-order valence-electron chi connectivity index (χ2n) is 4.36. The number of rotatable bonds is 4. The number of pyridine rings is 2. The van der Waals surface area contributed by atoms with Gasteiger partial charge in [0.15, 0.2) is 0 Å². The van der Waals surface area contributed by atoms with E-state index >= 15 is 0 Å². The van der Waals surface area contributed by atoms with E-state index in [9.17, 15) is 4.79 Å². The van der Waals surface area contributed by atoms with Crippen LogP contribution >= 0.6 is 0 Å². The van der Waals surface area contributed by atoms with E-state index in [1.807, 2.05) is 18.2 Å². The Balaban J connectivity index is 2.00. The fraction of sp³-hybridized carbons (Fsp3) is 0.200. The molecule has 2 aromatic rings. The van der Waals surface area contributed by atoms with Gasteiger partial charge in [-0.15, -0.1) is 0 Å². The van der Waals surface area contributed by atoms with Crippen molar-refractivity contribution >= 4 is 5.91 Å². The predicted molar refractivity (Wildman–Crippen MR) is 73.9 cm³/mol. The second kappa shape index (κ2) is 6.43. The summed E-state index contributed by atoms with van der Waals surface area (Å²) in [4.78, 5) is 21.8. The van der Waals surface area contributed by atoms with Gasteiger partial charge in [-0.05, 0) is 30.2 Å². The van der Waals surface area contributed by atoms with Crippen LogP contribution in [-0.4, -0.2) is 34.4 Å². The molecule has 1 amide bonds. The smallest absolute Gasteiger partial charge is 0.272 e. The third-order valence-corrected chi connectivity index (χ3v) is 2.89. The number of amides is 1. The highest BCUT2D eigenvalue weighted by Gasteiger charge is 2.13. The number of likely N-dealkylation sites (N-methyl/N-ethyl adjacent to an activating group) is 1. The van der Waals surface area contributed by atoms with Crippen molar-refractivity contribution in [3.8, 4) is 6.07 Å². The van der Waals surface area contributed by atoms with Crippen LogP contribution in [0, 0.1) is 11.3 Å². The molecule has 0 bridgehead atoms. The number of hydrogen-bond donors (Lipinski definition) is 0. The number of carbonyl (C=O) groups is 1. The minimum Gasteiger partial charge on any atom is -0.340 e. The standard InChI is InChI=1S/C15H14N4O/c1-19(9-7-12-4-3-8-17-11-12)15(20)14-6-2-5-13(10-16)18-14/h2-6,8,11H,7,9H2,1H3. The van der Waals surface area contributed by atoms with Crippen molar-refractivity contribution in [3.63, 3.8) is 0 Å². The first-order valence-corrected chi connectivity index (χ1v) is 6.22. The van der Waals surface area contributed by atoms with Gasteiger partial charge in [-0.2, -0.15) is 5.26 Å². The molecular weight excluding hydrogens is 252 g/mol. The fourth-order valence-electron chi connectivity index (χ4n) is 1.76. The maximum atomic E-state index is 12.2. The summed E-state index contributed by atoms with van der Waals surface area (Å²) in [6.07, 6.45) is 4.23. The molecule has 0 radical (unpaired) electrons. The van der Waals surface area contributed by atoms with Gasteiger partial charge in [0, 0.05) is 26.0 Å². The number of nitrogens with zero attached hydrogens (tertiary/aromatic N) is 4. The zero-order valence-corrected chi connectivity index (χ0v) is 11.2. The molecule has 2 heterocycles. The molecule has 0 fully saturated rings. The van der Waals surface area contributed by atoms with Crippen LogP contribution in [0.5, 0.6) is 0 Å². The van der Waals surface area contributed by atoms with Gasteiger partial charge >= 0.3 is 0 Å². The molecular formula is C15H14N4O. The minimum atomic E-state index is -0.189. The molecule has 0 atom stereocenters. The van der Waals surface area contributed by atoms with E-state index < -0.39 is 0 Å². The Morgan fingerprint density at radius 2 is 2.20 bits per heavy atom. The number of hydrogen-bond acceptors (Lipinski definition) is 4. The van der Waals surface area contributed by atoms with Gasteiger partial charge < -0.3 is 4.90 Å². The zero-order chi connectivity index (χ0) is 14.4. The van der Waals surface area contributed by atoms with Gasteiger partial charge in [0.2, 0.25) is 0 Å². The average molecular weight is 266 g/mol. The minimum absolute atomic E-state index is 0.189. The van der Waals surface area contributed by atoms with Gasteiger partial charge in [0.05, 0.1) is 0 Å². The summed E-state index contributed by atoms with van der Waals surface area (Å²) in [6, 6.07) is 10.6. The monoisotopic (exact) mass is 266 g/mol. The van der Waals surface area contributed by atoms with Crippen LogP contribution in [0.15, 0.2) is 42.7 Å². The van der Waals surface area contributed by atoms with Gasteiger partial charge in [-0.3, -0.25) is 9.78 Å². The number of aromatic nitrogens is 2. The Labute approximate surface area is 117 Å². The molecule has 0 aliphatic carbocycles. The molecule has 5 heteroatoms. The lowest BCUT2D eigenvalue weighted by Gasteiger charge is -2.16. The lowest BCUT2D eigenvalue weighted by atomic mass is 10.2. The van der Waals surface area contributed by atoms with Crippen LogP contribution in [0.1, 0.15) is 21.7 Å². The molecule has 0 unspecified atom stereocenters. The topological polar surface area (TPSA) is 69.9 Å². The molecule has 2 aromatic heterocycles. The van der Waals surface area contributed by atoms with E-state index in [0.29, 0.717) is 6.54 Å². The molecule has 0 saturated carbocycles. The van der Waals surface area contributed by atoms with Crippen molar-refractivity contribution in [2.75, 3.05) is 13.6 Å². The van der Waals surface area contributed by atoms with Crippen molar-refractivity contribution in [1.29, 1.82) is 5.26 Å². The van der Waals surface area contributed by atoms with E-state index in [0.717, 1.165) is 12.0 Å². The van der Waals surface area contributed by atoms with Crippen molar-refractivity contribution < 1.29 is 4.79 Å². The van der Waals surface area contributed by atoms with E-state index in [2.05, 4.69) is 9.97 Å². The molecule has 2 rings (SSSR count). The summed E-state index contributed by atoms with van der Waals surface area (Å²) >= 11 is 0. The van der Waals surface area contributed by atoms with Gasteiger partial charge in [-0.25, -0.2) is 4.98 Å². The first-order chi connectivity index (χ1) is 9.70.